The van der Waals surface area contributed by atoms with Crippen LogP contribution in [0, 0.1) is 3.57 Å². The van der Waals surface area contributed by atoms with E-state index in [-0.39, 0.29) is 23.1 Å². The number of aromatic hydroxyl groups is 1. The van der Waals surface area contributed by atoms with Gasteiger partial charge in [0, 0.05) is 13.1 Å². The maximum atomic E-state index is 12.5. The summed E-state index contributed by atoms with van der Waals surface area (Å²) in [6.45, 7) is 1.18. The number of hydrogen-bond acceptors (Lipinski definition) is 5. The molecule has 0 saturated carbocycles. The number of hydrogen-bond donors (Lipinski definition) is 1. The van der Waals surface area contributed by atoms with E-state index in [9.17, 15) is 19.5 Å². The van der Waals surface area contributed by atoms with Crippen molar-refractivity contribution in [3.05, 3.63) is 32.2 Å². The zero-order chi connectivity index (χ0) is 18.0. The van der Waals surface area contributed by atoms with Crippen LogP contribution in [-0.4, -0.2) is 51.6 Å². The third-order valence-corrected chi connectivity index (χ3v) is 5.92. The van der Waals surface area contributed by atoms with Crippen LogP contribution in [0.1, 0.15) is 24.8 Å². The van der Waals surface area contributed by atoms with E-state index in [1.807, 2.05) is 22.6 Å². The van der Waals surface area contributed by atoms with Crippen LogP contribution >= 0.6 is 34.4 Å². The standard InChI is InChI=1S/C17H17IN2O4S/c18-12-8-11(4-5-13(12)21)9-14-16(23)20(17(24)25-14)10-15(22)19-6-2-1-3-7-19/h4-5,8-9,21H,1-3,6-7,10H2/b14-9-. The van der Waals surface area contributed by atoms with Crippen LogP contribution in [0.3, 0.4) is 0 Å². The molecule has 0 unspecified atom stereocenters. The van der Waals surface area contributed by atoms with Crippen LogP contribution in [0.5, 0.6) is 5.75 Å². The number of benzene rings is 1. The first-order valence-corrected chi connectivity index (χ1v) is 9.87. The molecule has 0 aromatic heterocycles. The van der Waals surface area contributed by atoms with Crippen molar-refractivity contribution in [1.29, 1.82) is 0 Å². The average Bonchev–Trinajstić information content (AvgIpc) is 2.86. The van der Waals surface area contributed by atoms with Gasteiger partial charge in [-0.05, 0) is 77.4 Å². The van der Waals surface area contributed by atoms with Gasteiger partial charge in [0.25, 0.3) is 11.1 Å². The summed E-state index contributed by atoms with van der Waals surface area (Å²) < 4.78 is 0.658. The lowest BCUT2D eigenvalue weighted by atomic mass is 10.1. The maximum absolute atomic E-state index is 12.5. The Balaban J connectivity index is 1.72. The van der Waals surface area contributed by atoms with Gasteiger partial charge in [-0.1, -0.05) is 6.07 Å². The third kappa shape index (κ3) is 4.17. The highest BCUT2D eigenvalue weighted by atomic mass is 127. The molecule has 3 amide bonds. The number of amides is 3. The predicted octanol–water partition coefficient (Wildman–Crippen LogP) is 3.05. The Morgan fingerprint density at radius 3 is 2.64 bits per heavy atom. The van der Waals surface area contributed by atoms with Crippen LogP contribution in [0.25, 0.3) is 6.08 Å². The molecule has 0 radical (unpaired) electrons. The summed E-state index contributed by atoms with van der Waals surface area (Å²) in [6, 6.07) is 4.94. The Labute approximate surface area is 163 Å². The fourth-order valence-corrected chi connectivity index (χ4v) is 4.16. The van der Waals surface area contributed by atoms with Crippen molar-refractivity contribution in [2.24, 2.45) is 0 Å². The van der Waals surface area contributed by atoms with Crippen molar-refractivity contribution in [3.8, 4) is 5.75 Å². The molecule has 1 N–H and O–H groups in total. The monoisotopic (exact) mass is 472 g/mol. The van der Waals surface area contributed by atoms with Crippen molar-refractivity contribution in [1.82, 2.24) is 9.80 Å². The van der Waals surface area contributed by atoms with Crippen LogP contribution in [0.4, 0.5) is 4.79 Å². The fourth-order valence-electron chi connectivity index (χ4n) is 2.78. The third-order valence-electron chi connectivity index (χ3n) is 4.15. The average molecular weight is 472 g/mol. The van der Waals surface area contributed by atoms with E-state index in [0.29, 0.717) is 16.7 Å². The fraction of sp³-hybridized carbons (Fsp3) is 0.353. The molecule has 1 aromatic rings. The van der Waals surface area contributed by atoms with E-state index < -0.39 is 11.1 Å². The van der Waals surface area contributed by atoms with Crippen molar-refractivity contribution in [2.75, 3.05) is 19.6 Å². The van der Waals surface area contributed by atoms with Gasteiger partial charge in [-0.25, -0.2) is 0 Å². The van der Waals surface area contributed by atoms with Gasteiger partial charge >= 0.3 is 0 Å². The van der Waals surface area contributed by atoms with Crippen LogP contribution in [-0.2, 0) is 9.59 Å². The number of imide groups is 1. The van der Waals surface area contributed by atoms with E-state index in [0.717, 1.165) is 41.5 Å². The number of rotatable bonds is 3. The summed E-state index contributed by atoms with van der Waals surface area (Å²) in [5, 5.41) is 9.14. The highest BCUT2D eigenvalue weighted by molar-refractivity contribution is 14.1. The smallest absolute Gasteiger partial charge is 0.294 e. The van der Waals surface area contributed by atoms with Crippen LogP contribution in [0.15, 0.2) is 23.1 Å². The molecule has 0 atom stereocenters. The van der Waals surface area contributed by atoms with Gasteiger partial charge < -0.3 is 10.0 Å². The summed E-state index contributed by atoms with van der Waals surface area (Å²) in [4.78, 5) is 40.0. The minimum absolute atomic E-state index is 0.165. The zero-order valence-electron chi connectivity index (χ0n) is 13.4. The Bertz CT molecular complexity index is 759. The lowest BCUT2D eigenvalue weighted by Gasteiger charge is -2.27. The quantitative estimate of drug-likeness (QED) is 0.541. The number of phenols is 1. The minimum atomic E-state index is -0.441. The molecular weight excluding hydrogens is 455 g/mol. The lowest BCUT2D eigenvalue weighted by molar-refractivity contribution is -0.136. The Morgan fingerprint density at radius 2 is 1.96 bits per heavy atom. The largest absolute Gasteiger partial charge is 0.507 e. The molecule has 2 aliphatic heterocycles. The first-order valence-electron chi connectivity index (χ1n) is 7.97. The molecular formula is C17H17IN2O4S. The van der Waals surface area contributed by atoms with Gasteiger partial charge in [-0.3, -0.25) is 19.3 Å². The SMILES string of the molecule is O=C(CN1C(=O)S/C(=C\c2ccc(O)c(I)c2)C1=O)N1CCCCC1. The van der Waals surface area contributed by atoms with Gasteiger partial charge in [-0.2, -0.15) is 0 Å². The topological polar surface area (TPSA) is 77.9 Å². The van der Waals surface area contributed by atoms with E-state index in [1.54, 1.807) is 23.1 Å². The van der Waals surface area contributed by atoms with Crippen LogP contribution < -0.4 is 0 Å². The summed E-state index contributed by atoms with van der Waals surface area (Å²) in [7, 11) is 0. The number of piperidine rings is 1. The predicted molar refractivity (Wildman–Crippen MR) is 104 cm³/mol. The van der Waals surface area contributed by atoms with E-state index in [2.05, 4.69) is 0 Å². The van der Waals surface area contributed by atoms with E-state index >= 15 is 0 Å². The molecule has 0 bridgehead atoms. The number of nitrogens with zero attached hydrogens (tertiary/aromatic N) is 2. The van der Waals surface area contributed by atoms with Gasteiger partial charge in [0.05, 0.1) is 8.48 Å². The summed E-state index contributed by atoms with van der Waals surface area (Å²) in [5.41, 5.74) is 0.718. The van der Waals surface area contributed by atoms with Crippen molar-refractivity contribution in [2.45, 2.75) is 19.3 Å². The summed E-state index contributed by atoms with van der Waals surface area (Å²) in [6.07, 6.45) is 4.65. The second kappa shape index (κ2) is 7.77. The number of phenolic OH excluding ortho intramolecular Hbond substituents is 1. The normalized spacial score (nSPS) is 19.8. The minimum Gasteiger partial charge on any atom is -0.507 e. The second-order valence-electron chi connectivity index (χ2n) is 5.92. The molecule has 3 rings (SSSR count). The summed E-state index contributed by atoms with van der Waals surface area (Å²) in [5.74, 6) is -0.455. The highest BCUT2D eigenvalue weighted by Gasteiger charge is 2.37. The van der Waals surface area contributed by atoms with E-state index in [1.165, 1.54) is 6.07 Å². The Kier molecular flexibility index (Phi) is 5.67. The molecule has 0 spiro atoms. The molecule has 8 heteroatoms. The Hall–Kier alpha value is -1.55. The molecule has 0 aliphatic carbocycles. The van der Waals surface area contributed by atoms with Gasteiger partial charge in [0.15, 0.2) is 0 Å². The maximum Gasteiger partial charge on any atom is 0.294 e. The molecule has 25 heavy (non-hydrogen) atoms. The Morgan fingerprint density at radius 1 is 1.24 bits per heavy atom. The number of likely N-dealkylation sites (tertiary alicyclic amines) is 1. The molecule has 132 valence electrons. The van der Waals surface area contributed by atoms with Gasteiger partial charge in [0.2, 0.25) is 5.91 Å². The molecule has 2 heterocycles. The molecule has 6 nitrogen and oxygen atoms in total. The highest BCUT2D eigenvalue weighted by Crippen LogP contribution is 2.33. The van der Waals surface area contributed by atoms with E-state index in [4.69, 9.17) is 0 Å². The number of thioether (sulfide) groups is 1. The van der Waals surface area contributed by atoms with Crippen molar-refractivity contribution in [3.63, 3.8) is 0 Å². The molecule has 2 fully saturated rings. The zero-order valence-corrected chi connectivity index (χ0v) is 16.4. The van der Waals surface area contributed by atoms with Gasteiger partial charge in [0.1, 0.15) is 12.3 Å². The number of carbonyl (C=O) groups excluding carboxylic acids is 3. The van der Waals surface area contributed by atoms with Gasteiger partial charge in [-0.15, -0.1) is 0 Å². The second-order valence-corrected chi connectivity index (χ2v) is 8.08. The van der Waals surface area contributed by atoms with Crippen LogP contribution in [0.2, 0.25) is 0 Å². The first kappa shape index (κ1) is 18.2. The summed E-state index contributed by atoms with van der Waals surface area (Å²) >= 11 is 2.83. The first-order chi connectivity index (χ1) is 12.0. The molecule has 1 aromatic carbocycles. The lowest BCUT2D eigenvalue weighted by Crippen LogP contribution is -2.44. The van der Waals surface area contributed by atoms with Crippen molar-refractivity contribution >= 4 is 57.5 Å². The van der Waals surface area contributed by atoms with Crippen molar-refractivity contribution < 1.29 is 19.5 Å². The number of carbonyl (C=O) groups is 3. The molecule has 2 aliphatic rings. The number of halogens is 1. The molecule has 2 saturated heterocycles.